The molecule has 0 fully saturated rings. The van der Waals surface area contributed by atoms with E-state index in [1.807, 2.05) is 66.0 Å². The van der Waals surface area contributed by atoms with Crippen LogP contribution in [0.15, 0.2) is 74.5 Å². The fourth-order valence-electron chi connectivity index (χ4n) is 2.46. The van der Waals surface area contributed by atoms with Crippen molar-refractivity contribution >= 4 is 55.2 Å². The molecular weight excluding hydrogens is 516 g/mol. The van der Waals surface area contributed by atoms with E-state index in [4.69, 9.17) is 4.74 Å². The van der Waals surface area contributed by atoms with Gasteiger partial charge in [-0.2, -0.15) is 5.26 Å². The molecule has 0 saturated carbocycles. The molecule has 0 bridgehead atoms. The normalized spacial score (nSPS) is 11.0. The predicted molar refractivity (Wildman–Crippen MR) is 122 cm³/mol. The molecule has 1 heterocycles. The Labute approximate surface area is 190 Å². The van der Waals surface area contributed by atoms with Crippen molar-refractivity contribution in [1.29, 1.82) is 5.26 Å². The maximum absolute atomic E-state index is 12.3. The highest BCUT2D eigenvalue weighted by molar-refractivity contribution is 9.10. The number of nitrogens with one attached hydrogen (secondary N) is 1. The minimum atomic E-state index is -0.396. The minimum absolute atomic E-state index is 0.0528. The maximum atomic E-state index is 12.3. The molecule has 146 valence electrons. The third-order valence-corrected chi connectivity index (χ3v) is 5.97. The van der Waals surface area contributed by atoms with Gasteiger partial charge in [-0.3, -0.25) is 4.79 Å². The standard InChI is InChI=1S/C22H16Br2N2O2S/c23-18-6-3-15(4-7-18)14-28-21-8-5-16(11-20(21)24)10-17(12-25)22(27)26-13-19-2-1-9-29-19/h1-11H,13-14H2,(H,26,27)/b17-10+. The molecule has 29 heavy (non-hydrogen) atoms. The van der Waals surface area contributed by atoms with Crippen molar-refractivity contribution in [2.75, 3.05) is 0 Å². The number of nitriles is 1. The van der Waals surface area contributed by atoms with E-state index in [1.165, 1.54) is 0 Å². The number of hydrogen-bond donors (Lipinski definition) is 1. The molecule has 1 N–H and O–H groups in total. The molecule has 7 heteroatoms. The van der Waals surface area contributed by atoms with Crippen LogP contribution in [-0.4, -0.2) is 5.91 Å². The van der Waals surface area contributed by atoms with Crippen molar-refractivity contribution in [3.63, 3.8) is 0 Å². The first-order chi connectivity index (χ1) is 14.0. The van der Waals surface area contributed by atoms with Crippen molar-refractivity contribution in [2.24, 2.45) is 0 Å². The Morgan fingerprint density at radius 1 is 1.17 bits per heavy atom. The Balaban J connectivity index is 1.64. The predicted octanol–water partition coefficient (Wildman–Crippen LogP) is 6.08. The molecule has 0 aliphatic carbocycles. The monoisotopic (exact) mass is 530 g/mol. The average Bonchev–Trinajstić information content (AvgIpc) is 3.24. The molecule has 0 atom stereocenters. The topological polar surface area (TPSA) is 62.1 Å². The third kappa shape index (κ3) is 6.29. The van der Waals surface area contributed by atoms with Gasteiger partial charge in [0.05, 0.1) is 11.0 Å². The van der Waals surface area contributed by atoms with Crippen molar-refractivity contribution in [3.8, 4) is 11.8 Å². The number of thiophene rings is 1. The highest BCUT2D eigenvalue weighted by Gasteiger charge is 2.10. The smallest absolute Gasteiger partial charge is 0.262 e. The third-order valence-electron chi connectivity index (χ3n) is 3.94. The summed E-state index contributed by atoms with van der Waals surface area (Å²) >= 11 is 8.46. The number of nitrogens with zero attached hydrogens (tertiary/aromatic N) is 1. The van der Waals surface area contributed by atoms with E-state index in [9.17, 15) is 10.1 Å². The summed E-state index contributed by atoms with van der Waals surface area (Å²) in [5, 5.41) is 14.1. The second-order valence-corrected chi connectivity index (χ2v) is 8.84. The lowest BCUT2D eigenvalue weighted by Crippen LogP contribution is -2.23. The quantitative estimate of drug-likeness (QED) is 0.297. The van der Waals surface area contributed by atoms with Crippen molar-refractivity contribution in [3.05, 3.63) is 90.5 Å². The minimum Gasteiger partial charge on any atom is -0.488 e. The zero-order valence-corrected chi connectivity index (χ0v) is 19.2. The Kier molecular flexibility index (Phi) is 7.64. The van der Waals surface area contributed by atoms with E-state index in [-0.39, 0.29) is 5.57 Å². The lowest BCUT2D eigenvalue weighted by Gasteiger charge is -2.09. The van der Waals surface area contributed by atoms with E-state index in [0.29, 0.717) is 18.9 Å². The molecule has 0 saturated heterocycles. The maximum Gasteiger partial charge on any atom is 0.262 e. The van der Waals surface area contributed by atoms with Gasteiger partial charge in [0.15, 0.2) is 0 Å². The largest absolute Gasteiger partial charge is 0.488 e. The van der Waals surface area contributed by atoms with Gasteiger partial charge in [-0.25, -0.2) is 0 Å². The highest BCUT2D eigenvalue weighted by Crippen LogP contribution is 2.28. The summed E-state index contributed by atoms with van der Waals surface area (Å²) in [6.45, 7) is 0.845. The first-order valence-corrected chi connectivity index (χ1v) is 11.1. The van der Waals surface area contributed by atoms with Gasteiger partial charge in [0, 0.05) is 9.35 Å². The first kappa shape index (κ1) is 21.3. The van der Waals surface area contributed by atoms with E-state index in [2.05, 4.69) is 37.2 Å². The Hall–Kier alpha value is -2.40. The average molecular weight is 532 g/mol. The molecule has 3 aromatic rings. The summed E-state index contributed by atoms with van der Waals surface area (Å²) in [5.74, 6) is 0.290. The Bertz CT molecular complexity index is 1060. The lowest BCUT2D eigenvalue weighted by molar-refractivity contribution is -0.117. The summed E-state index contributed by atoms with van der Waals surface area (Å²) in [7, 11) is 0. The zero-order valence-electron chi connectivity index (χ0n) is 15.2. The Morgan fingerprint density at radius 2 is 1.97 bits per heavy atom. The fourth-order valence-corrected chi connectivity index (χ4v) is 3.88. The van der Waals surface area contributed by atoms with Crippen LogP contribution in [0.1, 0.15) is 16.0 Å². The van der Waals surface area contributed by atoms with Crippen molar-refractivity contribution in [2.45, 2.75) is 13.2 Å². The second kappa shape index (κ2) is 10.4. The molecule has 0 spiro atoms. The van der Waals surface area contributed by atoms with Crippen LogP contribution in [0, 0.1) is 11.3 Å². The molecular formula is C22H16Br2N2O2S. The van der Waals surface area contributed by atoms with Crippen LogP contribution in [0.4, 0.5) is 0 Å². The summed E-state index contributed by atoms with van der Waals surface area (Å²) in [6, 6.07) is 19.2. The zero-order chi connectivity index (χ0) is 20.6. The fraction of sp³-hybridized carbons (Fsp3) is 0.0909. The summed E-state index contributed by atoms with van der Waals surface area (Å²) < 4.78 is 7.62. The number of hydrogen-bond acceptors (Lipinski definition) is 4. The van der Waals surface area contributed by atoms with Crippen LogP contribution < -0.4 is 10.1 Å². The second-order valence-electron chi connectivity index (χ2n) is 6.04. The molecule has 0 aliphatic heterocycles. The molecule has 0 radical (unpaired) electrons. The SMILES string of the molecule is N#C/C(=C\c1ccc(OCc2ccc(Br)cc2)c(Br)c1)C(=O)NCc1cccs1. The van der Waals surface area contributed by atoms with Crippen LogP contribution in [0.5, 0.6) is 5.75 Å². The number of ether oxygens (including phenoxy) is 1. The van der Waals surface area contributed by atoms with E-state index < -0.39 is 5.91 Å². The van der Waals surface area contributed by atoms with Gasteiger partial charge in [-0.05, 0) is 68.8 Å². The number of carbonyl (C=O) groups excluding carboxylic acids is 1. The Morgan fingerprint density at radius 3 is 2.62 bits per heavy atom. The highest BCUT2D eigenvalue weighted by atomic mass is 79.9. The molecule has 0 aliphatic rings. The molecule has 4 nitrogen and oxygen atoms in total. The summed E-state index contributed by atoms with van der Waals surface area (Å²) in [4.78, 5) is 13.3. The summed E-state index contributed by atoms with van der Waals surface area (Å²) in [6.07, 6.45) is 1.56. The molecule has 3 rings (SSSR count). The van der Waals surface area contributed by atoms with Crippen LogP contribution in [0.3, 0.4) is 0 Å². The van der Waals surface area contributed by atoms with Gasteiger partial charge in [-0.15, -0.1) is 11.3 Å². The van der Waals surface area contributed by atoms with Gasteiger partial charge >= 0.3 is 0 Å². The summed E-state index contributed by atoms with van der Waals surface area (Å²) in [5.41, 5.74) is 1.84. The van der Waals surface area contributed by atoms with Gasteiger partial charge < -0.3 is 10.1 Å². The van der Waals surface area contributed by atoms with Gasteiger partial charge in [0.2, 0.25) is 0 Å². The molecule has 2 aromatic carbocycles. The lowest BCUT2D eigenvalue weighted by atomic mass is 10.1. The van der Waals surface area contributed by atoms with Crippen molar-refractivity contribution < 1.29 is 9.53 Å². The number of carbonyl (C=O) groups is 1. The number of halogens is 2. The van der Waals surface area contributed by atoms with Gasteiger partial charge in [0.25, 0.3) is 5.91 Å². The van der Waals surface area contributed by atoms with Crippen LogP contribution >= 0.6 is 43.2 Å². The number of benzene rings is 2. The molecule has 0 unspecified atom stereocenters. The van der Waals surface area contributed by atoms with E-state index in [1.54, 1.807) is 17.4 Å². The van der Waals surface area contributed by atoms with E-state index in [0.717, 1.165) is 24.9 Å². The molecule has 1 amide bonds. The van der Waals surface area contributed by atoms with E-state index >= 15 is 0 Å². The van der Waals surface area contributed by atoms with Crippen LogP contribution in [-0.2, 0) is 17.9 Å². The first-order valence-electron chi connectivity index (χ1n) is 8.64. The number of rotatable bonds is 7. The molecule has 1 aromatic heterocycles. The number of amides is 1. The van der Waals surface area contributed by atoms with Gasteiger partial charge in [-0.1, -0.05) is 40.2 Å². The van der Waals surface area contributed by atoms with Crippen LogP contribution in [0.2, 0.25) is 0 Å². The van der Waals surface area contributed by atoms with Crippen molar-refractivity contribution in [1.82, 2.24) is 5.32 Å². The van der Waals surface area contributed by atoms with Gasteiger partial charge in [0.1, 0.15) is 24.0 Å². The van der Waals surface area contributed by atoms with Crippen LogP contribution in [0.25, 0.3) is 6.08 Å².